The molecule has 1 unspecified atom stereocenters. The molecule has 2 aromatic carbocycles. The van der Waals surface area contributed by atoms with Crippen LogP contribution in [0.5, 0.6) is 5.75 Å². The molecule has 1 amide bonds. The Hall–Kier alpha value is -4.47. The van der Waals surface area contributed by atoms with E-state index in [0.717, 1.165) is 22.1 Å². The fourth-order valence-corrected chi connectivity index (χ4v) is 3.78. The molecule has 33 heavy (non-hydrogen) atoms. The van der Waals surface area contributed by atoms with Gasteiger partial charge in [0.25, 0.3) is 5.56 Å². The molecular weight excluding hydrogens is 430 g/mol. The van der Waals surface area contributed by atoms with Gasteiger partial charge >= 0.3 is 18.0 Å². The van der Waals surface area contributed by atoms with E-state index >= 15 is 0 Å². The number of carbonyl (C=O) groups is 3. The van der Waals surface area contributed by atoms with Crippen molar-refractivity contribution in [3.8, 4) is 5.75 Å². The summed E-state index contributed by atoms with van der Waals surface area (Å²) in [7, 11) is 2.47. The van der Waals surface area contributed by atoms with Gasteiger partial charge in [0, 0.05) is 13.5 Å². The highest BCUT2D eigenvalue weighted by Crippen LogP contribution is 2.39. The van der Waals surface area contributed by atoms with Crippen molar-refractivity contribution in [3.05, 3.63) is 87.6 Å². The first kappa shape index (κ1) is 21.8. The van der Waals surface area contributed by atoms with Gasteiger partial charge in [0.05, 0.1) is 18.4 Å². The van der Waals surface area contributed by atoms with Crippen molar-refractivity contribution < 1.29 is 29.0 Å². The lowest BCUT2D eigenvalue weighted by atomic mass is 10.1. The number of nitrogens with zero attached hydrogens (tertiary/aromatic N) is 3. The lowest BCUT2D eigenvalue weighted by molar-refractivity contribution is 0.0583. The maximum atomic E-state index is 13.2. The van der Waals surface area contributed by atoms with Crippen LogP contribution in [-0.4, -0.2) is 39.8 Å². The van der Waals surface area contributed by atoms with Gasteiger partial charge in [-0.3, -0.25) is 14.3 Å². The van der Waals surface area contributed by atoms with Crippen molar-refractivity contribution in [2.24, 2.45) is 7.05 Å². The topological polar surface area (TPSA) is 128 Å². The molecule has 1 aliphatic rings. The highest BCUT2D eigenvalue weighted by molar-refractivity contribution is 5.95. The summed E-state index contributed by atoms with van der Waals surface area (Å²) in [6, 6.07) is 14.0. The summed E-state index contributed by atoms with van der Waals surface area (Å²) < 4.78 is 11.1. The number of benzene rings is 2. The van der Waals surface area contributed by atoms with Gasteiger partial charge in [-0.15, -0.1) is 0 Å². The SMILES string of the molecule is COC(=O)c1nc(C2Cc3ccccc3N2C(=O)O)n(C)c(=O)c1OC(=O)c1ccccc1. The van der Waals surface area contributed by atoms with Crippen LogP contribution in [-0.2, 0) is 18.2 Å². The minimum absolute atomic E-state index is 0.0125. The molecule has 2 heterocycles. The zero-order valence-corrected chi connectivity index (χ0v) is 17.7. The Morgan fingerprint density at radius 3 is 2.36 bits per heavy atom. The van der Waals surface area contributed by atoms with Gasteiger partial charge in [-0.2, -0.15) is 0 Å². The quantitative estimate of drug-likeness (QED) is 0.602. The molecule has 168 valence electrons. The highest BCUT2D eigenvalue weighted by Gasteiger charge is 2.38. The Morgan fingerprint density at radius 1 is 1.03 bits per heavy atom. The van der Waals surface area contributed by atoms with Crippen molar-refractivity contribution in [3.63, 3.8) is 0 Å². The van der Waals surface area contributed by atoms with E-state index in [0.29, 0.717) is 5.69 Å². The smallest absolute Gasteiger partial charge is 0.412 e. The van der Waals surface area contributed by atoms with Gasteiger partial charge in [0.15, 0.2) is 5.69 Å². The summed E-state index contributed by atoms with van der Waals surface area (Å²) in [6.45, 7) is 0. The number of carboxylic acid groups (broad SMARTS) is 1. The van der Waals surface area contributed by atoms with Crippen molar-refractivity contribution in [1.82, 2.24) is 9.55 Å². The Kier molecular flexibility index (Phi) is 5.65. The predicted molar refractivity (Wildman–Crippen MR) is 116 cm³/mol. The molecule has 1 aliphatic heterocycles. The van der Waals surface area contributed by atoms with E-state index in [1.54, 1.807) is 42.5 Å². The van der Waals surface area contributed by atoms with Crippen LogP contribution in [0.2, 0.25) is 0 Å². The van der Waals surface area contributed by atoms with Crippen LogP contribution in [0.15, 0.2) is 59.4 Å². The third kappa shape index (κ3) is 3.82. The number of rotatable bonds is 4. The number of esters is 2. The molecule has 10 heteroatoms. The summed E-state index contributed by atoms with van der Waals surface area (Å²) in [4.78, 5) is 55.6. The average Bonchev–Trinajstić information content (AvgIpc) is 3.21. The average molecular weight is 449 g/mol. The Bertz CT molecular complexity index is 1320. The number of para-hydroxylation sites is 1. The lowest BCUT2D eigenvalue weighted by Crippen LogP contribution is -2.37. The van der Waals surface area contributed by atoms with E-state index in [2.05, 4.69) is 4.98 Å². The van der Waals surface area contributed by atoms with E-state index in [9.17, 15) is 24.3 Å². The van der Waals surface area contributed by atoms with Gasteiger partial charge in [-0.1, -0.05) is 36.4 Å². The van der Waals surface area contributed by atoms with E-state index in [1.807, 2.05) is 0 Å². The number of hydrogen-bond acceptors (Lipinski definition) is 7. The molecule has 0 radical (unpaired) electrons. The maximum absolute atomic E-state index is 13.2. The van der Waals surface area contributed by atoms with Crippen LogP contribution >= 0.6 is 0 Å². The van der Waals surface area contributed by atoms with Crippen molar-refractivity contribution in [2.45, 2.75) is 12.5 Å². The normalized spacial score (nSPS) is 14.5. The predicted octanol–water partition coefficient (Wildman–Crippen LogP) is 2.57. The van der Waals surface area contributed by atoms with Crippen LogP contribution in [0.1, 0.15) is 38.3 Å². The van der Waals surface area contributed by atoms with Crippen LogP contribution < -0.4 is 15.2 Å². The number of carbonyl (C=O) groups excluding carboxylic acids is 2. The van der Waals surface area contributed by atoms with E-state index in [1.165, 1.54) is 19.2 Å². The first-order chi connectivity index (χ1) is 15.8. The molecule has 4 rings (SSSR count). The number of fused-ring (bicyclic) bond motifs is 1. The second kappa shape index (κ2) is 8.58. The number of methoxy groups -OCH3 is 1. The fraction of sp³-hybridized carbons (Fsp3) is 0.174. The Balaban J connectivity index is 1.83. The molecule has 0 bridgehead atoms. The highest BCUT2D eigenvalue weighted by atomic mass is 16.5. The zero-order chi connectivity index (χ0) is 23.7. The van der Waals surface area contributed by atoms with Crippen LogP contribution in [0, 0.1) is 0 Å². The molecule has 10 nitrogen and oxygen atoms in total. The Labute approximate surface area is 187 Å². The molecular formula is C23H19N3O7. The minimum Gasteiger partial charge on any atom is -0.465 e. The number of anilines is 1. The number of ether oxygens (including phenoxy) is 2. The molecule has 3 aromatic rings. The van der Waals surface area contributed by atoms with Crippen LogP contribution in [0.4, 0.5) is 10.5 Å². The van der Waals surface area contributed by atoms with Gasteiger partial charge in [-0.05, 0) is 23.8 Å². The standard InChI is InChI=1S/C23H19N3O7/c1-25-19(16-12-14-10-6-7-11-15(14)26(16)23(30)31)24-17(22(29)32-2)18(20(25)27)33-21(28)13-8-4-3-5-9-13/h3-11,16H,12H2,1-2H3,(H,30,31). The molecule has 0 saturated carbocycles. The molecule has 0 spiro atoms. The monoisotopic (exact) mass is 449 g/mol. The third-order valence-corrected chi connectivity index (χ3v) is 5.35. The van der Waals surface area contributed by atoms with Gasteiger partial charge in [0.1, 0.15) is 11.9 Å². The number of aromatic nitrogens is 2. The van der Waals surface area contributed by atoms with Gasteiger partial charge in [-0.25, -0.2) is 19.4 Å². The van der Waals surface area contributed by atoms with E-state index in [-0.39, 0.29) is 17.8 Å². The number of hydrogen-bond donors (Lipinski definition) is 1. The van der Waals surface area contributed by atoms with Gasteiger partial charge in [0.2, 0.25) is 5.75 Å². The lowest BCUT2D eigenvalue weighted by Gasteiger charge is -2.24. The summed E-state index contributed by atoms with van der Waals surface area (Å²) >= 11 is 0. The van der Waals surface area contributed by atoms with Crippen molar-refractivity contribution in [1.29, 1.82) is 0 Å². The molecule has 1 aromatic heterocycles. The molecule has 0 saturated heterocycles. The summed E-state index contributed by atoms with van der Waals surface area (Å²) in [5.74, 6) is -2.44. The largest absolute Gasteiger partial charge is 0.465 e. The summed E-state index contributed by atoms with van der Waals surface area (Å²) in [5.41, 5.74) is 0.0386. The maximum Gasteiger partial charge on any atom is 0.412 e. The minimum atomic E-state index is -1.24. The summed E-state index contributed by atoms with van der Waals surface area (Å²) in [5, 5.41) is 9.83. The first-order valence-electron chi connectivity index (χ1n) is 9.90. The molecule has 1 atom stereocenters. The van der Waals surface area contributed by atoms with E-state index < -0.39 is 41.1 Å². The number of amides is 1. The fourth-order valence-electron chi connectivity index (χ4n) is 3.78. The third-order valence-electron chi connectivity index (χ3n) is 5.35. The second-order valence-electron chi connectivity index (χ2n) is 7.26. The van der Waals surface area contributed by atoms with Crippen LogP contribution in [0.25, 0.3) is 0 Å². The molecule has 0 fully saturated rings. The zero-order valence-electron chi connectivity index (χ0n) is 17.7. The summed E-state index contributed by atoms with van der Waals surface area (Å²) in [6.07, 6.45) is -0.995. The second-order valence-corrected chi connectivity index (χ2v) is 7.26. The molecule has 1 N–H and O–H groups in total. The van der Waals surface area contributed by atoms with Crippen LogP contribution in [0.3, 0.4) is 0 Å². The Morgan fingerprint density at radius 2 is 1.70 bits per heavy atom. The van der Waals surface area contributed by atoms with Gasteiger partial charge < -0.3 is 14.6 Å². The molecule has 0 aliphatic carbocycles. The first-order valence-corrected chi connectivity index (χ1v) is 9.90. The van der Waals surface area contributed by atoms with E-state index in [4.69, 9.17) is 9.47 Å². The van der Waals surface area contributed by atoms with Crippen molar-refractivity contribution >= 4 is 23.7 Å². The van der Waals surface area contributed by atoms with Crippen molar-refractivity contribution in [2.75, 3.05) is 12.0 Å².